The van der Waals surface area contributed by atoms with Gasteiger partial charge in [-0.2, -0.15) is 0 Å². The van der Waals surface area contributed by atoms with Crippen LogP contribution >= 0.6 is 0 Å². The third-order valence-corrected chi connectivity index (χ3v) is 4.75. The molecule has 6 nitrogen and oxygen atoms in total. The van der Waals surface area contributed by atoms with Crippen LogP contribution in [-0.2, 0) is 9.47 Å². The van der Waals surface area contributed by atoms with Gasteiger partial charge in [0.15, 0.2) is 5.79 Å². The fourth-order valence-corrected chi connectivity index (χ4v) is 3.36. The Bertz CT molecular complexity index is 798. The van der Waals surface area contributed by atoms with E-state index >= 15 is 0 Å². The van der Waals surface area contributed by atoms with Gasteiger partial charge in [-0.15, -0.1) is 0 Å². The quantitative estimate of drug-likeness (QED) is 0.915. The lowest BCUT2D eigenvalue weighted by atomic mass is 10.0. The highest BCUT2D eigenvalue weighted by Crippen LogP contribution is 2.32. The van der Waals surface area contributed by atoms with Crippen molar-refractivity contribution in [3.8, 4) is 0 Å². The third-order valence-electron chi connectivity index (χ3n) is 4.75. The lowest BCUT2D eigenvalue weighted by Crippen LogP contribution is -2.45. The van der Waals surface area contributed by atoms with Gasteiger partial charge in [0, 0.05) is 43.4 Å². The Kier molecular flexibility index (Phi) is 4.57. The molecule has 1 aromatic carbocycles. The van der Waals surface area contributed by atoms with Gasteiger partial charge in [0.1, 0.15) is 11.6 Å². The largest absolute Gasteiger partial charge is 0.356 e. The molecule has 0 radical (unpaired) electrons. The maximum atomic E-state index is 13.3. The molecule has 1 N–H and O–H groups in total. The van der Waals surface area contributed by atoms with Crippen molar-refractivity contribution in [3.63, 3.8) is 0 Å². The number of nitrogens with one attached hydrogen (secondary N) is 1. The van der Waals surface area contributed by atoms with Crippen LogP contribution in [0.2, 0.25) is 0 Å². The predicted molar refractivity (Wildman–Crippen MR) is 94.7 cm³/mol. The lowest BCUT2D eigenvalue weighted by Gasteiger charge is -2.38. The molecule has 2 fully saturated rings. The van der Waals surface area contributed by atoms with E-state index in [-0.39, 0.29) is 5.91 Å². The van der Waals surface area contributed by atoms with Crippen LogP contribution in [0.4, 0.5) is 15.9 Å². The fraction of sp³-hybridized carbons (Fsp3) is 0.368. The number of carbonyl (C=O) groups is 1. The van der Waals surface area contributed by atoms with Crippen molar-refractivity contribution < 1.29 is 18.7 Å². The van der Waals surface area contributed by atoms with Crippen molar-refractivity contribution in [3.05, 3.63) is 54.0 Å². The molecule has 3 heterocycles. The Balaban J connectivity index is 1.44. The van der Waals surface area contributed by atoms with Gasteiger partial charge in [-0.3, -0.25) is 4.79 Å². The number of amides is 1. The van der Waals surface area contributed by atoms with E-state index in [1.807, 2.05) is 0 Å². The van der Waals surface area contributed by atoms with E-state index in [0.29, 0.717) is 24.5 Å². The summed E-state index contributed by atoms with van der Waals surface area (Å²) >= 11 is 0. The van der Waals surface area contributed by atoms with Gasteiger partial charge in [0.25, 0.3) is 5.91 Å². The topological polar surface area (TPSA) is 63.7 Å². The number of benzene rings is 1. The summed E-state index contributed by atoms with van der Waals surface area (Å²) in [6.07, 6.45) is 3.16. The Labute approximate surface area is 150 Å². The molecule has 7 heteroatoms. The van der Waals surface area contributed by atoms with Gasteiger partial charge in [0.2, 0.25) is 0 Å². The van der Waals surface area contributed by atoms with Crippen molar-refractivity contribution in [2.75, 3.05) is 36.5 Å². The molecule has 1 spiro atoms. The van der Waals surface area contributed by atoms with E-state index in [2.05, 4.69) is 15.2 Å². The summed E-state index contributed by atoms with van der Waals surface area (Å²) in [6.45, 7) is 2.80. The molecular formula is C19H20FN3O3. The first-order valence-electron chi connectivity index (χ1n) is 8.69. The molecular weight excluding hydrogens is 337 g/mol. The van der Waals surface area contributed by atoms with Crippen LogP contribution in [0.1, 0.15) is 23.2 Å². The average molecular weight is 357 g/mol. The van der Waals surface area contributed by atoms with Crippen molar-refractivity contribution >= 4 is 17.4 Å². The summed E-state index contributed by atoms with van der Waals surface area (Å²) in [5, 5.41) is 2.70. The first-order valence-corrected chi connectivity index (χ1v) is 8.69. The van der Waals surface area contributed by atoms with Gasteiger partial charge in [-0.05, 0) is 30.3 Å². The van der Waals surface area contributed by atoms with E-state index in [9.17, 15) is 9.18 Å². The Hall–Kier alpha value is -2.51. The minimum Gasteiger partial charge on any atom is -0.356 e. The molecule has 1 aromatic heterocycles. The zero-order valence-electron chi connectivity index (χ0n) is 14.3. The van der Waals surface area contributed by atoms with Gasteiger partial charge >= 0.3 is 0 Å². The van der Waals surface area contributed by atoms with Crippen LogP contribution in [0.5, 0.6) is 0 Å². The zero-order chi connectivity index (χ0) is 18.0. The molecule has 0 bridgehead atoms. The van der Waals surface area contributed by atoms with Crippen LogP contribution < -0.4 is 10.2 Å². The standard InChI is InChI=1S/C19H20FN3O3/c20-15-2-1-3-16(13-15)22-18(24)14-4-7-21-17(12-14)23-8-5-19(6-9-23)25-10-11-26-19/h1-4,7,12-13H,5-6,8-11H2,(H,22,24). The summed E-state index contributed by atoms with van der Waals surface area (Å²) in [5.74, 6) is -0.389. The molecule has 0 atom stereocenters. The summed E-state index contributed by atoms with van der Waals surface area (Å²) in [7, 11) is 0. The van der Waals surface area contributed by atoms with Crippen molar-refractivity contribution in [2.24, 2.45) is 0 Å². The highest BCUT2D eigenvalue weighted by atomic mass is 19.1. The Morgan fingerprint density at radius 3 is 2.65 bits per heavy atom. The number of ether oxygens (including phenoxy) is 2. The number of carbonyl (C=O) groups excluding carboxylic acids is 1. The SMILES string of the molecule is O=C(Nc1cccc(F)c1)c1ccnc(N2CCC3(CC2)OCCO3)c1. The first-order chi connectivity index (χ1) is 12.6. The number of piperidine rings is 1. The smallest absolute Gasteiger partial charge is 0.255 e. The van der Waals surface area contributed by atoms with Gasteiger partial charge in [0.05, 0.1) is 13.2 Å². The zero-order valence-corrected chi connectivity index (χ0v) is 14.3. The van der Waals surface area contributed by atoms with E-state index in [1.165, 1.54) is 12.1 Å². The molecule has 26 heavy (non-hydrogen) atoms. The minimum absolute atomic E-state index is 0.296. The fourth-order valence-electron chi connectivity index (χ4n) is 3.36. The highest BCUT2D eigenvalue weighted by Gasteiger charge is 2.40. The summed E-state index contributed by atoms with van der Waals surface area (Å²) in [5.41, 5.74) is 0.900. The van der Waals surface area contributed by atoms with Gasteiger partial charge in [-0.25, -0.2) is 9.37 Å². The molecule has 1 amide bonds. The van der Waals surface area contributed by atoms with Crippen LogP contribution in [-0.4, -0.2) is 43.0 Å². The van der Waals surface area contributed by atoms with Crippen LogP contribution in [0.3, 0.4) is 0 Å². The molecule has 136 valence electrons. The molecule has 2 saturated heterocycles. The second kappa shape index (κ2) is 7.01. The molecule has 0 aliphatic carbocycles. The number of pyridine rings is 1. The number of aromatic nitrogens is 1. The molecule has 4 rings (SSSR count). The maximum absolute atomic E-state index is 13.3. The molecule has 2 aliphatic rings. The number of hydrogen-bond acceptors (Lipinski definition) is 5. The highest BCUT2D eigenvalue weighted by molar-refractivity contribution is 6.04. The molecule has 0 saturated carbocycles. The van der Waals surface area contributed by atoms with Crippen molar-refractivity contribution in [1.29, 1.82) is 0 Å². The first kappa shape index (κ1) is 16.9. The molecule has 2 aliphatic heterocycles. The van der Waals surface area contributed by atoms with Crippen LogP contribution in [0, 0.1) is 5.82 Å². The van der Waals surface area contributed by atoms with Crippen molar-refractivity contribution in [2.45, 2.75) is 18.6 Å². The lowest BCUT2D eigenvalue weighted by molar-refractivity contribution is -0.169. The monoisotopic (exact) mass is 357 g/mol. The minimum atomic E-state index is -0.442. The number of anilines is 2. The van der Waals surface area contributed by atoms with E-state index in [0.717, 1.165) is 31.7 Å². The molecule has 2 aromatic rings. The van der Waals surface area contributed by atoms with Gasteiger partial charge in [-0.1, -0.05) is 6.07 Å². The van der Waals surface area contributed by atoms with E-state index < -0.39 is 11.6 Å². The number of nitrogens with zero attached hydrogens (tertiary/aromatic N) is 2. The summed E-state index contributed by atoms with van der Waals surface area (Å²) < 4.78 is 24.7. The second-order valence-corrected chi connectivity index (χ2v) is 6.46. The predicted octanol–water partition coefficient (Wildman–Crippen LogP) is 2.82. The van der Waals surface area contributed by atoms with Gasteiger partial charge < -0.3 is 19.7 Å². The third kappa shape index (κ3) is 3.54. The number of rotatable bonds is 3. The average Bonchev–Trinajstić information content (AvgIpc) is 3.10. The number of hydrogen-bond donors (Lipinski definition) is 1. The Morgan fingerprint density at radius 2 is 1.92 bits per heavy atom. The van der Waals surface area contributed by atoms with Crippen molar-refractivity contribution in [1.82, 2.24) is 4.98 Å². The van der Waals surface area contributed by atoms with Crippen LogP contribution in [0.15, 0.2) is 42.6 Å². The number of halogens is 1. The van der Waals surface area contributed by atoms with E-state index in [4.69, 9.17) is 9.47 Å². The summed E-state index contributed by atoms with van der Waals surface area (Å²) in [4.78, 5) is 19.0. The normalized spacial score (nSPS) is 18.9. The Morgan fingerprint density at radius 1 is 1.15 bits per heavy atom. The van der Waals surface area contributed by atoms with E-state index in [1.54, 1.807) is 30.5 Å². The molecule has 0 unspecified atom stereocenters. The second-order valence-electron chi connectivity index (χ2n) is 6.46. The maximum Gasteiger partial charge on any atom is 0.255 e. The van der Waals surface area contributed by atoms with Crippen LogP contribution in [0.25, 0.3) is 0 Å². The summed E-state index contributed by atoms with van der Waals surface area (Å²) in [6, 6.07) is 9.22.